The van der Waals surface area contributed by atoms with E-state index in [-0.39, 0.29) is 0 Å². The maximum Gasteiger partial charge on any atom is 0.119 e. The number of aromatic nitrogens is 1. The van der Waals surface area contributed by atoms with Gasteiger partial charge in [0, 0.05) is 28.5 Å². The predicted octanol–water partition coefficient (Wildman–Crippen LogP) is 3.23. The molecule has 3 rings (SSSR count). The maximum atomic E-state index is 5.30. The Morgan fingerprint density at radius 1 is 1.38 bits per heavy atom. The van der Waals surface area contributed by atoms with Crippen LogP contribution in [0.15, 0.2) is 23.1 Å². The summed E-state index contributed by atoms with van der Waals surface area (Å²) in [6, 6.07) is 6.36. The van der Waals surface area contributed by atoms with Crippen molar-refractivity contribution >= 4 is 22.7 Å². The zero-order valence-electron chi connectivity index (χ0n) is 9.62. The summed E-state index contributed by atoms with van der Waals surface area (Å²) in [6.07, 6.45) is 2.49. The van der Waals surface area contributed by atoms with Gasteiger partial charge < -0.3 is 9.30 Å². The van der Waals surface area contributed by atoms with E-state index in [0.29, 0.717) is 0 Å². The van der Waals surface area contributed by atoms with Crippen LogP contribution in [0.25, 0.3) is 10.9 Å². The molecular weight excluding hydrogens is 218 g/mol. The molecule has 0 unspecified atom stereocenters. The number of methoxy groups -OCH3 is 1. The van der Waals surface area contributed by atoms with Crippen LogP contribution in [0.5, 0.6) is 5.75 Å². The average molecular weight is 233 g/mol. The van der Waals surface area contributed by atoms with Crippen LogP contribution in [0.4, 0.5) is 0 Å². The van der Waals surface area contributed by atoms with E-state index in [0.717, 1.165) is 5.75 Å². The number of hydrogen-bond acceptors (Lipinski definition) is 2. The molecule has 2 heterocycles. The lowest BCUT2D eigenvalue weighted by molar-refractivity contribution is 0.415. The van der Waals surface area contributed by atoms with E-state index in [9.17, 15) is 0 Å². The van der Waals surface area contributed by atoms with Crippen LogP contribution >= 0.6 is 11.8 Å². The Hall–Kier alpha value is -1.09. The third-order valence-corrected chi connectivity index (χ3v) is 4.52. The second kappa shape index (κ2) is 3.74. The Morgan fingerprint density at radius 3 is 3.06 bits per heavy atom. The SMILES string of the molecule is COc1ccc2c(c1)c1c(n2C)CCCS1. The summed E-state index contributed by atoms with van der Waals surface area (Å²) in [6.45, 7) is 0. The first-order valence-electron chi connectivity index (χ1n) is 5.59. The van der Waals surface area contributed by atoms with Gasteiger partial charge in [0.1, 0.15) is 5.75 Å². The van der Waals surface area contributed by atoms with Gasteiger partial charge in [0.2, 0.25) is 0 Å². The summed E-state index contributed by atoms with van der Waals surface area (Å²) in [5.74, 6) is 2.19. The van der Waals surface area contributed by atoms with Crippen LogP contribution in [0.3, 0.4) is 0 Å². The van der Waals surface area contributed by atoms with Gasteiger partial charge in [-0.25, -0.2) is 0 Å². The Morgan fingerprint density at radius 2 is 2.25 bits per heavy atom. The number of benzene rings is 1. The molecule has 2 aromatic rings. The van der Waals surface area contributed by atoms with Crippen molar-refractivity contribution in [1.29, 1.82) is 0 Å². The second-order valence-corrected chi connectivity index (χ2v) is 5.28. The Kier molecular flexibility index (Phi) is 2.36. The fourth-order valence-corrected chi connectivity index (χ4v) is 3.64. The molecule has 0 saturated heterocycles. The topological polar surface area (TPSA) is 14.2 Å². The minimum Gasteiger partial charge on any atom is -0.497 e. The van der Waals surface area contributed by atoms with E-state index in [4.69, 9.17) is 4.74 Å². The van der Waals surface area contributed by atoms with Crippen molar-refractivity contribution in [1.82, 2.24) is 4.57 Å². The van der Waals surface area contributed by atoms with Gasteiger partial charge in [0.25, 0.3) is 0 Å². The first kappa shape index (κ1) is 10.1. The first-order chi connectivity index (χ1) is 7.81. The van der Waals surface area contributed by atoms with Gasteiger partial charge in [0.15, 0.2) is 0 Å². The average Bonchev–Trinajstić information content (AvgIpc) is 2.64. The third-order valence-electron chi connectivity index (χ3n) is 3.28. The van der Waals surface area contributed by atoms with Gasteiger partial charge in [-0.2, -0.15) is 0 Å². The number of aryl methyl sites for hydroxylation is 1. The van der Waals surface area contributed by atoms with E-state index < -0.39 is 0 Å². The molecular formula is C13H15NOS. The third kappa shape index (κ3) is 1.34. The lowest BCUT2D eigenvalue weighted by atomic mass is 10.2. The van der Waals surface area contributed by atoms with Gasteiger partial charge in [-0.1, -0.05) is 0 Å². The number of ether oxygens (including phenoxy) is 1. The standard InChI is InChI=1S/C13H15NOS/c1-14-11-6-5-9(15-2)8-10(11)13-12(14)4-3-7-16-13/h5-6,8H,3-4,7H2,1-2H3. The molecule has 1 aliphatic heterocycles. The molecule has 1 aromatic heterocycles. The molecule has 0 fully saturated rings. The smallest absolute Gasteiger partial charge is 0.119 e. The molecule has 0 N–H and O–H groups in total. The van der Waals surface area contributed by atoms with Crippen LogP contribution in [-0.2, 0) is 13.5 Å². The first-order valence-corrected chi connectivity index (χ1v) is 6.58. The van der Waals surface area contributed by atoms with E-state index in [1.165, 1.54) is 40.1 Å². The van der Waals surface area contributed by atoms with E-state index in [1.807, 2.05) is 17.8 Å². The van der Waals surface area contributed by atoms with Crippen LogP contribution in [0, 0.1) is 0 Å². The van der Waals surface area contributed by atoms with Crippen LogP contribution in [-0.4, -0.2) is 17.4 Å². The summed E-state index contributed by atoms with van der Waals surface area (Å²) in [5.41, 5.74) is 2.81. The quantitative estimate of drug-likeness (QED) is 0.750. The summed E-state index contributed by atoms with van der Waals surface area (Å²) >= 11 is 1.98. The van der Waals surface area contributed by atoms with Gasteiger partial charge in [-0.05, 0) is 36.8 Å². The number of hydrogen-bond donors (Lipinski definition) is 0. The molecule has 0 spiro atoms. The zero-order chi connectivity index (χ0) is 11.1. The number of thioether (sulfide) groups is 1. The van der Waals surface area contributed by atoms with Crippen LogP contribution < -0.4 is 4.74 Å². The van der Waals surface area contributed by atoms with Crippen LogP contribution in [0.1, 0.15) is 12.1 Å². The highest BCUT2D eigenvalue weighted by Crippen LogP contribution is 2.39. The van der Waals surface area contributed by atoms with Gasteiger partial charge in [0.05, 0.1) is 7.11 Å². The molecule has 0 saturated carbocycles. The zero-order valence-corrected chi connectivity index (χ0v) is 10.4. The molecule has 0 bridgehead atoms. The fraction of sp³-hybridized carbons (Fsp3) is 0.385. The Balaban J connectivity index is 2.31. The highest BCUT2D eigenvalue weighted by Gasteiger charge is 2.18. The fourth-order valence-electron chi connectivity index (χ4n) is 2.43. The minimum absolute atomic E-state index is 0.951. The van der Waals surface area contributed by atoms with Crippen molar-refractivity contribution in [3.05, 3.63) is 23.9 Å². The number of fused-ring (bicyclic) bond motifs is 3. The lowest BCUT2D eigenvalue weighted by Crippen LogP contribution is -2.02. The van der Waals surface area contributed by atoms with Crippen molar-refractivity contribution in [3.8, 4) is 5.75 Å². The minimum atomic E-state index is 0.951. The molecule has 0 radical (unpaired) electrons. The largest absolute Gasteiger partial charge is 0.497 e. The molecule has 16 heavy (non-hydrogen) atoms. The molecule has 3 heteroatoms. The van der Waals surface area contributed by atoms with Crippen molar-refractivity contribution in [2.45, 2.75) is 17.7 Å². The van der Waals surface area contributed by atoms with Gasteiger partial charge in [-0.3, -0.25) is 0 Å². The van der Waals surface area contributed by atoms with E-state index in [2.05, 4.69) is 23.7 Å². The summed E-state index contributed by atoms with van der Waals surface area (Å²) in [4.78, 5) is 1.46. The highest BCUT2D eigenvalue weighted by molar-refractivity contribution is 7.99. The van der Waals surface area contributed by atoms with Crippen molar-refractivity contribution in [2.75, 3.05) is 12.9 Å². The second-order valence-electron chi connectivity index (χ2n) is 4.17. The molecule has 0 amide bonds. The summed E-state index contributed by atoms with van der Waals surface area (Å²) < 4.78 is 7.63. The monoisotopic (exact) mass is 233 g/mol. The normalized spacial score (nSPS) is 15.1. The molecule has 0 aliphatic carbocycles. The van der Waals surface area contributed by atoms with Gasteiger partial charge in [-0.15, -0.1) is 11.8 Å². The van der Waals surface area contributed by atoms with Crippen molar-refractivity contribution in [2.24, 2.45) is 7.05 Å². The molecule has 84 valence electrons. The maximum absolute atomic E-state index is 5.30. The number of nitrogens with zero attached hydrogens (tertiary/aromatic N) is 1. The van der Waals surface area contributed by atoms with E-state index >= 15 is 0 Å². The van der Waals surface area contributed by atoms with E-state index in [1.54, 1.807) is 7.11 Å². The van der Waals surface area contributed by atoms with Crippen molar-refractivity contribution < 1.29 is 4.74 Å². The van der Waals surface area contributed by atoms with Gasteiger partial charge >= 0.3 is 0 Å². The summed E-state index contributed by atoms with van der Waals surface area (Å²) in [7, 11) is 3.89. The Bertz CT molecular complexity index is 544. The lowest BCUT2D eigenvalue weighted by Gasteiger charge is -2.12. The predicted molar refractivity (Wildman–Crippen MR) is 68.5 cm³/mol. The Labute approximate surface area is 99.6 Å². The molecule has 1 aromatic carbocycles. The summed E-state index contributed by atoms with van der Waals surface area (Å²) in [5, 5.41) is 1.35. The molecule has 1 aliphatic rings. The number of rotatable bonds is 1. The highest BCUT2D eigenvalue weighted by atomic mass is 32.2. The van der Waals surface area contributed by atoms with Crippen molar-refractivity contribution in [3.63, 3.8) is 0 Å². The van der Waals surface area contributed by atoms with Crippen LogP contribution in [0.2, 0.25) is 0 Å². The molecule has 2 nitrogen and oxygen atoms in total. The molecule has 0 atom stereocenters.